The second kappa shape index (κ2) is 11.9. The first-order valence-electron chi connectivity index (χ1n) is 10.5. The lowest BCUT2D eigenvalue weighted by Gasteiger charge is -2.12. The average molecular weight is 460 g/mol. The van der Waals surface area contributed by atoms with Crippen molar-refractivity contribution in [2.75, 3.05) is 25.6 Å². The number of amides is 1. The van der Waals surface area contributed by atoms with Crippen molar-refractivity contribution >= 4 is 17.8 Å². The summed E-state index contributed by atoms with van der Waals surface area (Å²) in [5.41, 5.74) is 1.71. The minimum Gasteiger partial charge on any atom is -0.493 e. The zero-order chi connectivity index (χ0) is 24.3. The molecular weight excluding hydrogens is 434 g/mol. The number of rotatable bonds is 11. The standard InChI is InChI=1S/C26H25N3O5/c1-4-5-19-8-11-23(24(16-19)31-3)33-13-12-32-22-9-6-20(7-10-22)15-21(17-27)26(30)28-25-14-18(2)34-29-25/h4,6-11,14-16H,1,5,12-13H2,2-3H3,(H,28,29,30)/b21-15-. The number of aryl methyl sites for hydroxylation is 1. The third-order valence-electron chi connectivity index (χ3n) is 4.64. The van der Waals surface area contributed by atoms with E-state index in [0.29, 0.717) is 41.8 Å². The van der Waals surface area contributed by atoms with Crippen LogP contribution in [-0.2, 0) is 11.2 Å². The highest BCUT2D eigenvalue weighted by Crippen LogP contribution is 2.28. The van der Waals surface area contributed by atoms with Crippen LogP contribution < -0.4 is 19.5 Å². The SMILES string of the molecule is C=CCc1ccc(OCCOc2ccc(/C=C(/C#N)C(=O)Nc3cc(C)on3)cc2)c(OC)c1. The fraction of sp³-hybridized carbons (Fsp3) is 0.192. The van der Waals surface area contributed by atoms with Gasteiger partial charge in [-0.3, -0.25) is 4.79 Å². The van der Waals surface area contributed by atoms with Crippen LogP contribution in [0.5, 0.6) is 17.2 Å². The first-order chi connectivity index (χ1) is 16.5. The van der Waals surface area contributed by atoms with Gasteiger partial charge < -0.3 is 24.1 Å². The molecular formula is C26H25N3O5. The highest BCUT2D eigenvalue weighted by Gasteiger charge is 2.12. The lowest BCUT2D eigenvalue weighted by atomic mass is 10.1. The highest BCUT2D eigenvalue weighted by molar-refractivity contribution is 6.09. The van der Waals surface area contributed by atoms with E-state index in [2.05, 4.69) is 17.1 Å². The Balaban J connectivity index is 1.52. The number of anilines is 1. The van der Waals surface area contributed by atoms with E-state index in [1.807, 2.05) is 30.3 Å². The smallest absolute Gasteiger partial charge is 0.267 e. The Labute approximate surface area is 198 Å². The minimum absolute atomic E-state index is 0.0595. The normalized spacial score (nSPS) is 10.8. The number of ether oxygens (including phenoxy) is 3. The molecule has 0 spiro atoms. The van der Waals surface area contributed by atoms with Gasteiger partial charge in [0.2, 0.25) is 0 Å². The summed E-state index contributed by atoms with van der Waals surface area (Å²) < 4.78 is 21.8. The number of nitriles is 1. The summed E-state index contributed by atoms with van der Waals surface area (Å²) in [6.45, 7) is 6.11. The van der Waals surface area contributed by atoms with E-state index in [9.17, 15) is 10.1 Å². The third-order valence-corrected chi connectivity index (χ3v) is 4.64. The van der Waals surface area contributed by atoms with Crippen molar-refractivity contribution in [2.45, 2.75) is 13.3 Å². The molecule has 0 unspecified atom stereocenters. The van der Waals surface area contributed by atoms with Crippen molar-refractivity contribution in [2.24, 2.45) is 0 Å². The maximum Gasteiger partial charge on any atom is 0.267 e. The van der Waals surface area contributed by atoms with Crippen LogP contribution in [0.25, 0.3) is 6.08 Å². The highest BCUT2D eigenvalue weighted by atomic mass is 16.5. The van der Waals surface area contributed by atoms with Crippen molar-refractivity contribution in [3.63, 3.8) is 0 Å². The van der Waals surface area contributed by atoms with Crippen molar-refractivity contribution in [1.82, 2.24) is 5.16 Å². The van der Waals surface area contributed by atoms with Gasteiger partial charge in [0.05, 0.1) is 7.11 Å². The van der Waals surface area contributed by atoms with E-state index in [1.54, 1.807) is 44.4 Å². The summed E-state index contributed by atoms with van der Waals surface area (Å²) in [6, 6.07) is 16.2. The molecule has 0 saturated heterocycles. The first-order valence-corrected chi connectivity index (χ1v) is 10.5. The Morgan fingerprint density at radius 2 is 1.91 bits per heavy atom. The number of aromatic nitrogens is 1. The topological polar surface area (TPSA) is 107 Å². The number of nitrogens with zero attached hydrogens (tertiary/aromatic N) is 2. The van der Waals surface area contributed by atoms with Crippen molar-refractivity contribution in [3.8, 4) is 23.3 Å². The van der Waals surface area contributed by atoms with Crippen LogP contribution in [-0.4, -0.2) is 31.4 Å². The van der Waals surface area contributed by atoms with Gasteiger partial charge in [0.1, 0.15) is 36.4 Å². The molecule has 1 N–H and O–H groups in total. The fourth-order valence-corrected chi connectivity index (χ4v) is 3.02. The van der Waals surface area contributed by atoms with Gasteiger partial charge in [0.25, 0.3) is 5.91 Å². The van der Waals surface area contributed by atoms with Crippen molar-refractivity contribution < 1.29 is 23.5 Å². The van der Waals surface area contributed by atoms with Crippen LogP contribution in [0, 0.1) is 18.3 Å². The summed E-state index contributed by atoms with van der Waals surface area (Å²) in [5, 5.41) is 15.5. The number of benzene rings is 2. The van der Waals surface area contributed by atoms with Crippen LogP contribution in [0.15, 0.2) is 71.3 Å². The molecule has 2 aromatic carbocycles. The molecule has 0 atom stereocenters. The summed E-state index contributed by atoms with van der Waals surface area (Å²) in [6.07, 6.45) is 4.07. The quantitative estimate of drug-likeness (QED) is 0.191. The van der Waals surface area contributed by atoms with Crippen LogP contribution in [0.4, 0.5) is 5.82 Å². The maximum absolute atomic E-state index is 12.3. The lowest BCUT2D eigenvalue weighted by Crippen LogP contribution is -2.13. The van der Waals surface area contributed by atoms with Crippen LogP contribution in [0.1, 0.15) is 16.9 Å². The van der Waals surface area contributed by atoms with Crippen molar-refractivity contribution in [1.29, 1.82) is 5.26 Å². The summed E-state index contributed by atoms with van der Waals surface area (Å²) in [4.78, 5) is 12.3. The molecule has 1 aromatic heterocycles. The molecule has 8 heteroatoms. The number of nitrogens with one attached hydrogen (secondary N) is 1. The van der Waals surface area contributed by atoms with Gasteiger partial charge in [0, 0.05) is 6.07 Å². The Hall–Kier alpha value is -4.51. The predicted octanol–water partition coefficient (Wildman–Crippen LogP) is 4.72. The van der Waals surface area contributed by atoms with Gasteiger partial charge >= 0.3 is 0 Å². The van der Waals surface area contributed by atoms with E-state index in [4.69, 9.17) is 18.7 Å². The molecule has 0 aliphatic heterocycles. The molecule has 0 saturated carbocycles. The average Bonchev–Trinajstić information content (AvgIpc) is 3.26. The molecule has 0 aliphatic carbocycles. The van der Waals surface area contributed by atoms with Crippen LogP contribution >= 0.6 is 0 Å². The van der Waals surface area contributed by atoms with Crippen LogP contribution in [0.3, 0.4) is 0 Å². The number of carbonyl (C=O) groups excluding carboxylic acids is 1. The van der Waals surface area contributed by atoms with Gasteiger partial charge in [0.15, 0.2) is 17.3 Å². The molecule has 3 rings (SSSR count). The lowest BCUT2D eigenvalue weighted by molar-refractivity contribution is -0.112. The van der Waals surface area contributed by atoms with E-state index in [1.165, 1.54) is 6.08 Å². The third kappa shape index (κ3) is 6.74. The predicted molar refractivity (Wildman–Crippen MR) is 128 cm³/mol. The van der Waals surface area contributed by atoms with Gasteiger partial charge in [-0.25, -0.2) is 0 Å². The molecule has 0 bridgehead atoms. The Kier molecular flexibility index (Phi) is 8.47. The Bertz CT molecular complexity index is 1210. The van der Waals surface area contributed by atoms with Gasteiger partial charge in [-0.05, 0) is 54.8 Å². The number of hydrogen-bond donors (Lipinski definition) is 1. The zero-order valence-electron chi connectivity index (χ0n) is 19.0. The Morgan fingerprint density at radius 1 is 1.15 bits per heavy atom. The van der Waals surface area contributed by atoms with Gasteiger partial charge in [-0.15, -0.1) is 6.58 Å². The number of allylic oxidation sites excluding steroid dienone is 1. The molecule has 8 nitrogen and oxygen atoms in total. The molecule has 0 aliphatic rings. The van der Waals surface area contributed by atoms with E-state index >= 15 is 0 Å². The monoisotopic (exact) mass is 459 g/mol. The number of methoxy groups -OCH3 is 1. The van der Waals surface area contributed by atoms with E-state index in [0.717, 1.165) is 12.0 Å². The second-order valence-corrected chi connectivity index (χ2v) is 7.19. The molecule has 1 amide bonds. The maximum atomic E-state index is 12.3. The minimum atomic E-state index is -0.568. The number of hydrogen-bond acceptors (Lipinski definition) is 7. The second-order valence-electron chi connectivity index (χ2n) is 7.19. The van der Waals surface area contributed by atoms with Gasteiger partial charge in [-0.1, -0.05) is 29.4 Å². The van der Waals surface area contributed by atoms with Gasteiger partial charge in [-0.2, -0.15) is 5.26 Å². The number of carbonyl (C=O) groups is 1. The molecule has 34 heavy (non-hydrogen) atoms. The summed E-state index contributed by atoms with van der Waals surface area (Å²) >= 11 is 0. The molecule has 0 fully saturated rings. The van der Waals surface area contributed by atoms with Crippen LogP contribution in [0.2, 0.25) is 0 Å². The molecule has 0 radical (unpaired) electrons. The van der Waals surface area contributed by atoms with Crippen molar-refractivity contribution in [3.05, 3.63) is 83.6 Å². The van der Waals surface area contributed by atoms with E-state index < -0.39 is 5.91 Å². The summed E-state index contributed by atoms with van der Waals surface area (Å²) in [5.74, 6) is 2.17. The molecule has 3 aromatic rings. The van der Waals surface area contributed by atoms with E-state index in [-0.39, 0.29) is 11.4 Å². The molecule has 174 valence electrons. The zero-order valence-corrected chi connectivity index (χ0v) is 19.0. The largest absolute Gasteiger partial charge is 0.493 e. The fourth-order valence-electron chi connectivity index (χ4n) is 3.02. The Morgan fingerprint density at radius 3 is 2.56 bits per heavy atom. The first kappa shape index (κ1) is 24.1. The summed E-state index contributed by atoms with van der Waals surface area (Å²) in [7, 11) is 1.60. The molecule has 1 heterocycles.